The number of aromatic nitrogens is 4. The summed E-state index contributed by atoms with van der Waals surface area (Å²) in [5.41, 5.74) is 0.313. The lowest BCUT2D eigenvalue weighted by Crippen LogP contribution is -2.43. The van der Waals surface area contributed by atoms with Gasteiger partial charge in [-0.1, -0.05) is 12.1 Å². The van der Waals surface area contributed by atoms with E-state index in [0.717, 1.165) is 5.56 Å². The number of tetrazole rings is 1. The van der Waals surface area contributed by atoms with Crippen LogP contribution in [0, 0.1) is 0 Å². The molecule has 0 radical (unpaired) electrons. The fourth-order valence-electron chi connectivity index (χ4n) is 2.14. The van der Waals surface area contributed by atoms with Crippen molar-refractivity contribution in [2.24, 2.45) is 0 Å². The topological polar surface area (TPSA) is 113 Å². The summed E-state index contributed by atoms with van der Waals surface area (Å²) in [6, 6.07) is 6.84. The Bertz CT molecular complexity index is 605. The van der Waals surface area contributed by atoms with Crippen molar-refractivity contribution in [3.05, 3.63) is 29.8 Å². The second-order valence-electron chi connectivity index (χ2n) is 5.02. The average molecular weight is 289 g/mol. The molecular weight excluding hydrogens is 274 g/mol. The van der Waals surface area contributed by atoms with E-state index in [2.05, 4.69) is 25.9 Å². The van der Waals surface area contributed by atoms with Gasteiger partial charge in [-0.05, 0) is 17.3 Å². The second-order valence-corrected chi connectivity index (χ2v) is 5.02. The molecule has 110 valence electrons. The molecule has 2 aromatic rings. The zero-order chi connectivity index (χ0) is 14.7. The third-order valence-electron chi connectivity index (χ3n) is 3.41. The summed E-state index contributed by atoms with van der Waals surface area (Å²) < 4.78 is 5.13. The molecule has 1 atom stereocenters. The molecule has 8 nitrogen and oxygen atoms in total. The van der Waals surface area contributed by atoms with Gasteiger partial charge in [-0.3, -0.25) is 4.79 Å². The number of carbonyl (C=O) groups excluding carboxylic acids is 1. The van der Waals surface area contributed by atoms with Gasteiger partial charge in [-0.15, -0.1) is 10.2 Å². The van der Waals surface area contributed by atoms with Crippen molar-refractivity contribution in [3.63, 3.8) is 0 Å². The van der Waals surface area contributed by atoms with E-state index in [4.69, 9.17) is 4.74 Å². The standard InChI is InChI=1S/C13H15N5O3/c19-12(14-7-13(20)5-6-21-8-13)10-3-1-9(2-4-10)11-15-17-18-16-11/h1-4,20H,5-8H2,(H,14,19)(H,15,16,17,18). The van der Waals surface area contributed by atoms with Crippen molar-refractivity contribution >= 4 is 5.91 Å². The summed E-state index contributed by atoms with van der Waals surface area (Å²) in [6.45, 7) is 0.953. The van der Waals surface area contributed by atoms with Crippen LogP contribution < -0.4 is 5.32 Å². The number of hydrogen-bond acceptors (Lipinski definition) is 6. The molecule has 1 aliphatic rings. The van der Waals surface area contributed by atoms with Crippen LogP contribution in [-0.4, -0.2) is 57.0 Å². The van der Waals surface area contributed by atoms with Gasteiger partial charge >= 0.3 is 0 Å². The lowest BCUT2D eigenvalue weighted by molar-refractivity contribution is 0.0264. The van der Waals surface area contributed by atoms with Crippen LogP contribution in [0.5, 0.6) is 0 Å². The summed E-state index contributed by atoms with van der Waals surface area (Å²) in [6.07, 6.45) is 0.532. The Hall–Kier alpha value is -2.32. The van der Waals surface area contributed by atoms with Crippen LogP contribution in [0.1, 0.15) is 16.8 Å². The first-order chi connectivity index (χ1) is 10.2. The average Bonchev–Trinajstić information content (AvgIpc) is 3.17. The SMILES string of the molecule is O=C(NCC1(O)CCOC1)c1ccc(-c2nn[nH]n2)cc1. The fraction of sp³-hybridized carbons (Fsp3) is 0.385. The first kappa shape index (κ1) is 13.7. The minimum absolute atomic E-state index is 0.179. The van der Waals surface area contributed by atoms with Crippen LogP contribution in [0.15, 0.2) is 24.3 Å². The predicted molar refractivity (Wildman–Crippen MR) is 72.3 cm³/mol. The molecule has 0 aliphatic carbocycles. The maximum absolute atomic E-state index is 12.0. The van der Waals surface area contributed by atoms with E-state index in [1.54, 1.807) is 24.3 Å². The van der Waals surface area contributed by atoms with Crippen LogP contribution in [0.3, 0.4) is 0 Å². The first-order valence-electron chi connectivity index (χ1n) is 6.59. The van der Waals surface area contributed by atoms with Crippen LogP contribution in [0.25, 0.3) is 11.4 Å². The number of amides is 1. The van der Waals surface area contributed by atoms with Crippen LogP contribution >= 0.6 is 0 Å². The number of nitrogens with zero attached hydrogens (tertiary/aromatic N) is 3. The lowest BCUT2D eigenvalue weighted by Gasteiger charge is -2.20. The van der Waals surface area contributed by atoms with Crippen molar-refractivity contribution in [3.8, 4) is 11.4 Å². The first-order valence-corrected chi connectivity index (χ1v) is 6.59. The highest BCUT2D eigenvalue weighted by Crippen LogP contribution is 2.17. The van der Waals surface area contributed by atoms with Gasteiger partial charge in [0.25, 0.3) is 5.91 Å². The number of benzene rings is 1. The lowest BCUT2D eigenvalue weighted by atomic mass is 10.0. The molecule has 1 aliphatic heterocycles. The molecule has 1 aromatic carbocycles. The van der Waals surface area contributed by atoms with E-state index in [9.17, 15) is 9.90 Å². The molecule has 0 saturated carbocycles. The fourth-order valence-corrected chi connectivity index (χ4v) is 2.14. The molecule has 1 unspecified atom stereocenters. The third kappa shape index (κ3) is 3.06. The van der Waals surface area contributed by atoms with E-state index in [-0.39, 0.29) is 19.1 Å². The van der Waals surface area contributed by atoms with Crippen molar-refractivity contribution in [1.29, 1.82) is 0 Å². The molecule has 1 fully saturated rings. The third-order valence-corrected chi connectivity index (χ3v) is 3.41. The molecule has 1 aromatic heterocycles. The largest absolute Gasteiger partial charge is 0.386 e. The molecule has 2 heterocycles. The van der Waals surface area contributed by atoms with Gasteiger partial charge in [0, 0.05) is 30.7 Å². The van der Waals surface area contributed by atoms with Crippen LogP contribution in [0.4, 0.5) is 0 Å². The van der Waals surface area contributed by atoms with Gasteiger partial charge in [0.2, 0.25) is 5.82 Å². The molecule has 8 heteroatoms. The van der Waals surface area contributed by atoms with Crippen molar-refractivity contribution in [2.45, 2.75) is 12.0 Å². The zero-order valence-corrected chi connectivity index (χ0v) is 11.2. The molecule has 1 amide bonds. The number of carbonyl (C=O) groups is 1. The van der Waals surface area contributed by atoms with Gasteiger partial charge in [0.1, 0.15) is 5.60 Å². The Morgan fingerprint density at radius 3 is 2.86 bits per heavy atom. The number of aliphatic hydroxyl groups is 1. The van der Waals surface area contributed by atoms with Crippen molar-refractivity contribution in [2.75, 3.05) is 19.8 Å². The molecular formula is C13H15N5O3. The zero-order valence-electron chi connectivity index (χ0n) is 11.2. The Morgan fingerprint density at radius 1 is 1.43 bits per heavy atom. The van der Waals surface area contributed by atoms with Gasteiger partial charge in [0.05, 0.1) is 6.61 Å². The van der Waals surface area contributed by atoms with E-state index in [0.29, 0.717) is 24.4 Å². The summed E-state index contributed by atoms with van der Waals surface area (Å²) >= 11 is 0. The number of ether oxygens (including phenoxy) is 1. The van der Waals surface area contributed by atoms with Crippen molar-refractivity contribution in [1.82, 2.24) is 25.9 Å². The highest BCUT2D eigenvalue weighted by molar-refractivity contribution is 5.94. The van der Waals surface area contributed by atoms with Crippen LogP contribution in [0.2, 0.25) is 0 Å². The van der Waals surface area contributed by atoms with Gasteiger partial charge in [-0.2, -0.15) is 5.21 Å². The van der Waals surface area contributed by atoms with E-state index in [1.807, 2.05) is 0 Å². The highest BCUT2D eigenvalue weighted by atomic mass is 16.5. The van der Waals surface area contributed by atoms with Gasteiger partial charge in [-0.25, -0.2) is 0 Å². The second kappa shape index (κ2) is 5.58. The quantitative estimate of drug-likeness (QED) is 0.715. The molecule has 3 N–H and O–H groups in total. The minimum Gasteiger partial charge on any atom is -0.386 e. The van der Waals surface area contributed by atoms with Gasteiger partial charge in [0.15, 0.2) is 0 Å². The summed E-state index contributed by atoms with van der Waals surface area (Å²) in [5.74, 6) is 0.231. The predicted octanol–water partition coefficient (Wildman–Crippen LogP) is -0.252. The highest BCUT2D eigenvalue weighted by Gasteiger charge is 2.32. The van der Waals surface area contributed by atoms with E-state index >= 15 is 0 Å². The number of rotatable bonds is 4. The Morgan fingerprint density at radius 2 is 2.24 bits per heavy atom. The summed E-state index contributed by atoms with van der Waals surface area (Å²) in [7, 11) is 0. The normalized spacial score (nSPS) is 21.4. The Labute approximate surface area is 120 Å². The smallest absolute Gasteiger partial charge is 0.251 e. The van der Waals surface area contributed by atoms with Crippen molar-refractivity contribution < 1.29 is 14.6 Å². The maximum atomic E-state index is 12.0. The Kier molecular flexibility index (Phi) is 3.63. The molecule has 0 bridgehead atoms. The monoisotopic (exact) mass is 289 g/mol. The maximum Gasteiger partial charge on any atom is 0.251 e. The van der Waals surface area contributed by atoms with E-state index < -0.39 is 5.60 Å². The Balaban J connectivity index is 1.62. The molecule has 0 spiro atoms. The molecule has 21 heavy (non-hydrogen) atoms. The minimum atomic E-state index is -0.958. The van der Waals surface area contributed by atoms with Gasteiger partial charge < -0.3 is 15.2 Å². The number of hydrogen-bond donors (Lipinski definition) is 3. The summed E-state index contributed by atoms with van der Waals surface area (Å²) in [5, 5.41) is 26.4. The van der Waals surface area contributed by atoms with Crippen LogP contribution in [-0.2, 0) is 4.74 Å². The number of aromatic amines is 1. The molecule has 3 rings (SSSR count). The summed E-state index contributed by atoms with van der Waals surface area (Å²) in [4.78, 5) is 12.0. The number of nitrogens with one attached hydrogen (secondary N) is 2. The molecule has 1 saturated heterocycles. The number of H-pyrrole nitrogens is 1. The van der Waals surface area contributed by atoms with E-state index in [1.165, 1.54) is 0 Å².